The normalized spacial score (nSPS) is 11.1. The fourth-order valence-electron chi connectivity index (χ4n) is 1.80. The second kappa shape index (κ2) is 6.65. The maximum absolute atomic E-state index is 12.1. The predicted octanol–water partition coefficient (Wildman–Crippen LogP) is 1.90. The lowest BCUT2D eigenvalue weighted by atomic mass is 10.0. The maximum Gasteiger partial charge on any atom is 0.293 e. The first-order valence-corrected chi connectivity index (χ1v) is 10.0. The number of carbonyl (C=O) groups is 2. The van der Waals surface area contributed by atoms with Crippen LogP contribution in [0, 0.1) is 0 Å². The van der Waals surface area contributed by atoms with Crippen LogP contribution in [0.25, 0.3) is 0 Å². The summed E-state index contributed by atoms with van der Waals surface area (Å²) in [5.74, 6) is 0.360. The first kappa shape index (κ1) is 16.4. The summed E-state index contributed by atoms with van der Waals surface area (Å²) in [5, 5.41) is 0.904. The number of Topliss-reactive ketones (excluding diaryl/α,β-unsaturated/α-hetero) is 1. The molecule has 0 aliphatic rings. The topological polar surface area (TPSA) is 65.5 Å². The van der Waals surface area contributed by atoms with Crippen molar-refractivity contribution in [2.75, 3.05) is 7.11 Å². The van der Waals surface area contributed by atoms with Gasteiger partial charge in [-0.2, -0.15) is 0 Å². The van der Waals surface area contributed by atoms with E-state index in [9.17, 15) is 9.59 Å². The molecule has 0 N–H and O–H groups in total. The Hall–Kier alpha value is -1.69. The van der Waals surface area contributed by atoms with Crippen LogP contribution in [-0.2, 0) is 16.1 Å². The minimum Gasteiger partial charge on any atom is -0.481 e. The van der Waals surface area contributed by atoms with Gasteiger partial charge >= 0.3 is 0 Å². The van der Waals surface area contributed by atoms with Gasteiger partial charge in [0.25, 0.3) is 6.47 Å². The third kappa shape index (κ3) is 3.66. The number of nitrogens with zero attached hydrogens (tertiary/aromatic N) is 1. The molecule has 0 unspecified atom stereocenters. The second-order valence-electron chi connectivity index (χ2n) is 5.48. The highest BCUT2D eigenvalue weighted by Gasteiger charge is 2.25. The summed E-state index contributed by atoms with van der Waals surface area (Å²) in [7, 11) is -0.178. The molecule has 0 spiro atoms. The van der Waals surface area contributed by atoms with E-state index in [1.165, 1.54) is 7.11 Å². The standard InChI is InChI=1S/C14H21NO4Si/c1-6-12(17)10-7-13(20(3,4)5)15-14(18-2)11(10)8-19-9-16/h7,9H,6,8H2,1-5H3. The highest BCUT2D eigenvalue weighted by Crippen LogP contribution is 2.22. The van der Waals surface area contributed by atoms with Gasteiger partial charge < -0.3 is 9.47 Å². The third-order valence-electron chi connectivity index (χ3n) is 2.97. The van der Waals surface area contributed by atoms with Crippen molar-refractivity contribution in [3.63, 3.8) is 0 Å². The van der Waals surface area contributed by atoms with Crippen LogP contribution in [0.5, 0.6) is 5.88 Å². The number of pyridine rings is 1. The van der Waals surface area contributed by atoms with Crippen molar-refractivity contribution < 1.29 is 19.1 Å². The molecule has 20 heavy (non-hydrogen) atoms. The molecular weight excluding hydrogens is 274 g/mol. The Morgan fingerprint density at radius 1 is 1.40 bits per heavy atom. The molecule has 1 aromatic heterocycles. The van der Waals surface area contributed by atoms with Crippen LogP contribution in [0.2, 0.25) is 19.6 Å². The molecule has 0 amide bonds. The van der Waals surface area contributed by atoms with Crippen molar-refractivity contribution in [3.05, 3.63) is 17.2 Å². The molecule has 110 valence electrons. The van der Waals surface area contributed by atoms with E-state index in [-0.39, 0.29) is 12.4 Å². The molecular formula is C14H21NO4Si. The molecule has 0 aliphatic heterocycles. The van der Waals surface area contributed by atoms with E-state index in [2.05, 4.69) is 24.6 Å². The predicted molar refractivity (Wildman–Crippen MR) is 79.2 cm³/mol. The van der Waals surface area contributed by atoms with Gasteiger partial charge in [-0.05, 0) is 6.07 Å². The van der Waals surface area contributed by atoms with Gasteiger partial charge in [-0.3, -0.25) is 9.59 Å². The van der Waals surface area contributed by atoms with Crippen molar-refractivity contribution in [3.8, 4) is 5.88 Å². The lowest BCUT2D eigenvalue weighted by molar-refractivity contribution is -0.129. The Morgan fingerprint density at radius 3 is 2.50 bits per heavy atom. The lowest BCUT2D eigenvalue weighted by Crippen LogP contribution is -2.41. The molecule has 0 saturated heterocycles. The van der Waals surface area contributed by atoms with Gasteiger partial charge in [-0.25, -0.2) is 4.98 Å². The van der Waals surface area contributed by atoms with Gasteiger partial charge in [0.2, 0.25) is 5.88 Å². The molecule has 6 heteroatoms. The van der Waals surface area contributed by atoms with E-state index in [4.69, 9.17) is 9.47 Å². The minimum absolute atomic E-state index is 0.00491. The minimum atomic E-state index is -1.68. The number of hydrogen-bond donors (Lipinski definition) is 0. The first-order valence-electron chi connectivity index (χ1n) is 6.52. The summed E-state index contributed by atoms with van der Waals surface area (Å²) in [6.45, 7) is 8.59. The average molecular weight is 295 g/mol. The Labute approximate surface area is 120 Å². The van der Waals surface area contributed by atoms with Crippen LogP contribution in [-0.4, -0.2) is 32.4 Å². The second-order valence-corrected chi connectivity index (χ2v) is 10.5. The van der Waals surface area contributed by atoms with E-state index in [1.54, 1.807) is 6.92 Å². The molecule has 0 atom stereocenters. The smallest absolute Gasteiger partial charge is 0.293 e. The Balaban J connectivity index is 3.47. The summed E-state index contributed by atoms with van der Waals surface area (Å²) in [4.78, 5) is 27.0. The fourth-order valence-corrected chi connectivity index (χ4v) is 2.81. The van der Waals surface area contributed by atoms with Gasteiger partial charge in [0.05, 0.1) is 12.7 Å². The van der Waals surface area contributed by atoms with Gasteiger partial charge in [0, 0.05) is 17.3 Å². The number of methoxy groups -OCH3 is 1. The zero-order valence-corrected chi connectivity index (χ0v) is 13.6. The SMILES string of the molecule is CCC(=O)c1cc([Si](C)(C)C)nc(OC)c1COC=O. The molecule has 1 aromatic rings. The molecule has 0 aliphatic carbocycles. The van der Waals surface area contributed by atoms with Gasteiger partial charge in [0.1, 0.15) is 14.7 Å². The number of ketones is 1. The van der Waals surface area contributed by atoms with Crippen LogP contribution in [0.4, 0.5) is 0 Å². The lowest BCUT2D eigenvalue weighted by Gasteiger charge is -2.20. The Morgan fingerprint density at radius 2 is 2.05 bits per heavy atom. The van der Waals surface area contributed by atoms with E-state index < -0.39 is 8.07 Å². The van der Waals surface area contributed by atoms with Gasteiger partial charge in [-0.1, -0.05) is 26.6 Å². The number of carbonyl (C=O) groups excluding carboxylic acids is 2. The molecule has 0 aromatic carbocycles. The monoisotopic (exact) mass is 295 g/mol. The van der Waals surface area contributed by atoms with Gasteiger partial charge in [-0.15, -0.1) is 0 Å². The molecule has 0 bridgehead atoms. The van der Waals surface area contributed by atoms with Crippen LogP contribution < -0.4 is 10.1 Å². The van der Waals surface area contributed by atoms with E-state index in [0.717, 1.165) is 5.32 Å². The average Bonchev–Trinajstić information content (AvgIpc) is 2.42. The third-order valence-corrected chi connectivity index (χ3v) is 4.76. The molecule has 0 fully saturated rings. The van der Waals surface area contributed by atoms with Crippen LogP contribution in [0.15, 0.2) is 6.07 Å². The zero-order chi connectivity index (χ0) is 15.3. The van der Waals surface area contributed by atoms with Gasteiger partial charge in [0.15, 0.2) is 5.78 Å². The highest BCUT2D eigenvalue weighted by atomic mass is 28.3. The fraction of sp³-hybridized carbons (Fsp3) is 0.500. The van der Waals surface area contributed by atoms with Crippen molar-refractivity contribution in [1.82, 2.24) is 4.98 Å². The summed E-state index contributed by atoms with van der Waals surface area (Å²) < 4.78 is 10.1. The Kier molecular flexibility index (Phi) is 5.44. The summed E-state index contributed by atoms with van der Waals surface area (Å²) in [6, 6.07) is 1.82. The van der Waals surface area contributed by atoms with Crippen molar-refractivity contribution >= 4 is 25.6 Å². The maximum atomic E-state index is 12.1. The quantitative estimate of drug-likeness (QED) is 0.437. The van der Waals surface area contributed by atoms with Crippen LogP contribution in [0.1, 0.15) is 29.3 Å². The molecule has 0 saturated carbocycles. The number of ether oxygens (including phenoxy) is 2. The molecule has 1 heterocycles. The van der Waals surface area contributed by atoms with Crippen molar-refractivity contribution in [2.45, 2.75) is 39.6 Å². The van der Waals surface area contributed by atoms with Crippen molar-refractivity contribution in [1.29, 1.82) is 0 Å². The number of rotatable bonds is 7. The van der Waals surface area contributed by atoms with Crippen LogP contribution >= 0.6 is 0 Å². The summed E-state index contributed by atoms with van der Waals surface area (Å²) >= 11 is 0. The largest absolute Gasteiger partial charge is 0.481 e. The number of hydrogen-bond acceptors (Lipinski definition) is 5. The van der Waals surface area contributed by atoms with E-state index in [0.29, 0.717) is 29.9 Å². The first-order chi connectivity index (χ1) is 9.35. The van der Waals surface area contributed by atoms with Crippen LogP contribution in [0.3, 0.4) is 0 Å². The molecule has 5 nitrogen and oxygen atoms in total. The highest BCUT2D eigenvalue weighted by molar-refractivity contribution is 6.88. The molecule has 0 radical (unpaired) electrons. The summed E-state index contributed by atoms with van der Waals surface area (Å²) in [6.07, 6.45) is 0.381. The van der Waals surface area contributed by atoms with Crippen molar-refractivity contribution in [2.24, 2.45) is 0 Å². The summed E-state index contributed by atoms with van der Waals surface area (Å²) in [5.41, 5.74) is 1.08. The van der Waals surface area contributed by atoms with E-state index in [1.807, 2.05) is 6.07 Å². The number of aromatic nitrogens is 1. The Bertz CT molecular complexity index is 509. The molecule has 1 rings (SSSR count). The van der Waals surface area contributed by atoms with E-state index >= 15 is 0 Å². The zero-order valence-electron chi connectivity index (χ0n) is 12.6.